The fourth-order valence-electron chi connectivity index (χ4n) is 3.57. The van der Waals surface area contributed by atoms with E-state index in [-0.39, 0.29) is 42.6 Å². The summed E-state index contributed by atoms with van der Waals surface area (Å²) < 4.78 is 5.04. The van der Waals surface area contributed by atoms with Gasteiger partial charge in [-0.3, -0.25) is 9.59 Å². The standard InChI is InChI=1S/C18H24ClN3O3.ClH/c1-25-8-7-21-12-14(10-17(21)23)18(24)22-6-5-20-11-16(22)13-3-2-4-15(19)9-13;/h2-4,9,14,16,20H,5-8,10-12H2,1H3;1H. The van der Waals surface area contributed by atoms with Gasteiger partial charge >= 0.3 is 0 Å². The summed E-state index contributed by atoms with van der Waals surface area (Å²) in [5.74, 6) is -0.186. The highest BCUT2D eigenvalue weighted by Gasteiger charge is 2.39. The SMILES string of the molecule is COCCN1CC(C(=O)N2CCNCC2c2cccc(Cl)c2)CC1=O.Cl. The minimum absolute atomic E-state index is 0. The molecule has 0 radical (unpaired) electrons. The number of piperazine rings is 1. The number of carbonyl (C=O) groups excluding carboxylic acids is 2. The molecule has 0 bridgehead atoms. The number of benzene rings is 1. The number of hydrogen-bond acceptors (Lipinski definition) is 4. The van der Waals surface area contributed by atoms with Crippen LogP contribution in [0.3, 0.4) is 0 Å². The van der Waals surface area contributed by atoms with Crippen LogP contribution in [0.4, 0.5) is 0 Å². The monoisotopic (exact) mass is 401 g/mol. The zero-order chi connectivity index (χ0) is 17.8. The van der Waals surface area contributed by atoms with Crippen molar-refractivity contribution in [2.45, 2.75) is 12.5 Å². The maximum atomic E-state index is 13.1. The second kappa shape index (κ2) is 9.55. The molecule has 2 aliphatic heterocycles. The molecule has 8 heteroatoms. The van der Waals surface area contributed by atoms with Gasteiger partial charge in [-0.05, 0) is 17.7 Å². The number of hydrogen-bond donors (Lipinski definition) is 1. The molecule has 2 amide bonds. The van der Waals surface area contributed by atoms with Crippen LogP contribution < -0.4 is 5.32 Å². The lowest BCUT2D eigenvalue weighted by atomic mass is 9.99. The highest BCUT2D eigenvalue weighted by Crippen LogP contribution is 2.28. The average Bonchev–Trinajstić information content (AvgIpc) is 3.00. The number of nitrogens with zero attached hydrogens (tertiary/aromatic N) is 2. The van der Waals surface area contributed by atoms with E-state index in [1.54, 1.807) is 12.0 Å². The number of likely N-dealkylation sites (tertiary alicyclic amines) is 1. The summed E-state index contributed by atoms with van der Waals surface area (Å²) in [6, 6.07) is 7.58. The molecule has 2 aliphatic rings. The van der Waals surface area contributed by atoms with Gasteiger partial charge in [0.1, 0.15) is 0 Å². The van der Waals surface area contributed by atoms with Gasteiger partial charge in [0.2, 0.25) is 11.8 Å². The zero-order valence-corrected chi connectivity index (χ0v) is 16.4. The first-order chi connectivity index (χ1) is 12.1. The summed E-state index contributed by atoms with van der Waals surface area (Å²) in [5.41, 5.74) is 1.02. The molecule has 2 unspecified atom stereocenters. The minimum atomic E-state index is -0.274. The molecule has 144 valence electrons. The van der Waals surface area contributed by atoms with Gasteiger partial charge in [0.15, 0.2) is 0 Å². The summed E-state index contributed by atoms with van der Waals surface area (Å²) >= 11 is 6.12. The van der Waals surface area contributed by atoms with Crippen molar-refractivity contribution in [1.29, 1.82) is 0 Å². The predicted molar refractivity (Wildman–Crippen MR) is 103 cm³/mol. The predicted octanol–water partition coefficient (Wildman–Crippen LogP) is 1.73. The Labute approximate surface area is 165 Å². The molecule has 2 atom stereocenters. The fraction of sp³-hybridized carbons (Fsp3) is 0.556. The Morgan fingerprint density at radius 2 is 2.23 bits per heavy atom. The fourth-order valence-corrected chi connectivity index (χ4v) is 3.77. The molecule has 0 saturated carbocycles. The van der Waals surface area contributed by atoms with Crippen LogP contribution in [0.1, 0.15) is 18.0 Å². The largest absolute Gasteiger partial charge is 0.383 e. The van der Waals surface area contributed by atoms with Crippen molar-refractivity contribution < 1.29 is 14.3 Å². The minimum Gasteiger partial charge on any atom is -0.383 e. The molecular weight excluding hydrogens is 377 g/mol. The van der Waals surface area contributed by atoms with Gasteiger partial charge in [0, 0.05) is 51.3 Å². The second-order valence-electron chi connectivity index (χ2n) is 6.54. The molecule has 1 aromatic carbocycles. The third kappa shape index (κ3) is 4.68. The molecule has 2 heterocycles. The summed E-state index contributed by atoms with van der Waals surface area (Å²) in [6.45, 7) is 3.60. The number of carbonyl (C=O) groups is 2. The van der Waals surface area contributed by atoms with Crippen molar-refractivity contribution in [3.63, 3.8) is 0 Å². The summed E-state index contributed by atoms with van der Waals surface area (Å²) in [7, 11) is 1.61. The van der Waals surface area contributed by atoms with Crippen molar-refractivity contribution in [2.24, 2.45) is 5.92 Å². The van der Waals surface area contributed by atoms with Gasteiger partial charge in [-0.15, -0.1) is 12.4 Å². The van der Waals surface area contributed by atoms with Crippen LogP contribution in [0.25, 0.3) is 0 Å². The van der Waals surface area contributed by atoms with E-state index >= 15 is 0 Å². The molecular formula is C18H25Cl2N3O3. The van der Waals surface area contributed by atoms with Crippen molar-refractivity contribution in [2.75, 3.05) is 46.4 Å². The van der Waals surface area contributed by atoms with Crippen LogP contribution in [0, 0.1) is 5.92 Å². The summed E-state index contributed by atoms with van der Waals surface area (Å²) in [4.78, 5) is 28.9. The first kappa shape index (κ1) is 21.0. The van der Waals surface area contributed by atoms with Crippen molar-refractivity contribution >= 4 is 35.8 Å². The lowest BCUT2D eigenvalue weighted by Crippen LogP contribution is -2.50. The van der Waals surface area contributed by atoms with E-state index < -0.39 is 0 Å². The maximum Gasteiger partial charge on any atom is 0.228 e. The van der Waals surface area contributed by atoms with Crippen LogP contribution in [0.5, 0.6) is 0 Å². The van der Waals surface area contributed by atoms with Crippen LogP contribution in [0.15, 0.2) is 24.3 Å². The Morgan fingerprint density at radius 3 is 2.96 bits per heavy atom. The quantitative estimate of drug-likeness (QED) is 0.815. The smallest absolute Gasteiger partial charge is 0.228 e. The summed E-state index contributed by atoms with van der Waals surface area (Å²) in [6.07, 6.45) is 0.286. The zero-order valence-electron chi connectivity index (χ0n) is 14.8. The molecule has 3 rings (SSSR count). The Kier molecular flexibility index (Phi) is 7.70. The molecule has 6 nitrogen and oxygen atoms in total. The van der Waals surface area contributed by atoms with Gasteiger partial charge in [0.05, 0.1) is 18.6 Å². The number of amides is 2. The molecule has 2 fully saturated rings. The molecule has 26 heavy (non-hydrogen) atoms. The number of nitrogens with one attached hydrogen (secondary N) is 1. The third-order valence-electron chi connectivity index (χ3n) is 4.89. The lowest BCUT2D eigenvalue weighted by Gasteiger charge is -2.38. The Morgan fingerprint density at radius 1 is 1.42 bits per heavy atom. The summed E-state index contributed by atoms with van der Waals surface area (Å²) in [5, 5.41) is 4.01. The molecule has 0 aliphatic carbocycles. The third-order valence-corrected chi connectivity index (χ3v) is 5.12. The van der Waals surface area contributed by atoms with Crippen LogP contribution in [0.2, 0.25) is 5.02 Å². The second-order valence-corrected chi connectivity index (χ2v) is 6.98. The van der Waals surface area contributed by atoms with Crippen molar-refractivity contribution in [3.05, 3.63) is 34.9 Å². The normalized spacial score (nSPS) is 23.1. The van der Waals surface area contributed by atoms with Crippen molar-refractivity contribution in [1.82, 2.24) is 15.1 Å². The number of rotatable bonds is 5. The van der Waals surface area contributed by atoms with E-state index in [0.717, 1.165) is 12.1 Å². The van der Waals surface area contributed by atoms with Gasteiger partial charge in [-0.1, -0.05) is 23.7 Å². The molecule has 0 aromatic heterocycles. The van der Waals surface area contributed by atoms with Gasteiger partial charge < -0.3 is 19.9 Å². The maximum absolute atomic E-state index is 13.1. The Hall–Kier alpha value is -1.34. The van der Waals surface area contributed by atoms with E-state index in [9.17, 15) is 9.59 Å². The van der Waals surface area contributed by atoms with E-state index in [1.165, 1.54) is 0 Å². The number of halogens is 2. The van der Waals surface area contributed by atoms with Crippen LogP contribution in [-0.2, 0) is 14.3 Å². The van der Waals surface area contributed by atoms with Crippen molar-refractivity contribution in [3.8, 4) is 0 Å². The topological polar surface area (TPSA) is 61.9 Å². The van der Waals surface area contributed by atoms with E-state index in [1.807, 2.05) is 29.2 Å². The number of ether oxygens (including phenoxy) is 1. The van der Waals surface area contributed by atoms with E-state index in [2.05, 4.69) is 5.32 Å². The number of methoxy groups -OCH3 is 1. The van der Waals surface area contributed by atoms with Gasteiger partial charge in [-0.25, -0.2) is 0 Å². The first-order valence-corrected chi connectivity index (χ1v) is 9.01. The first-order valence-electron chi connectivity index (χ1n) is 8.63. The van der Waals surface area contributed by atoms with Crippen LogP contribution >= 0.6 is 24.0 Å². The van der Waals surface area contributed by atoms with Gasteiger partial charge in [-0.2, -0.15) is 0 Å². The highest BCUT2D eigenvalue weighted by atomic mass is 35.5. The van der Waals surface area contributed by atoms with E-state index in [4.69, 9.17) is 16.3 Å². The molecule has 2 saturated heterocycles. The molecule has 1 aromatic rings. The average molecular weight is 402 g/mol. The Balaban J connectivity index is 0.00000243. The van der Waals surface area contributed by atoms with E-state index in [0.29, 0.717) is 37.8 Å². The lowest BCUT2D eigenvalue weighted by molar-refractivity contribution is -0.139. The highest BCUT2D eigenvalue weighted by molar-refractivity contribution is 6.30. The van der Waals surface area contributed by atoms with Crippen LogP contribution in [-0.4, -0.2) is 68.1 Å². The van der Waals surface area contributed by atoms with Gasteiger partial charge in [0.25, 0.3) is 0 Å². The molecule has 1 N–H and O–H groups in total. The molecule has 0 spiro atoms. The Bertz CT molecular complexity index is 644.